The van der Waals surface area contributed by atoms with Crippen molar-refractivity contribution in [1.29, 1.82) is 0 Å². The van der Waals surface area contributed by atoms with Crippen molar-refractivity contribution in [3.05, 3.63) is 18.2 Å². The van der Waals surface area contributed by atoms with E-state index in [9.17, 15) is 4.79 Å². The smallest absolute Gasteiger partial charge is 0.225 e. The third-order valence-electron chi connectivity index (χ3n) is 2.54. The number of aromatic nitrogens is 2. The predicted molar refractivity (Wildman–Crippen MR) is 54.0 cm³/mol. The summed E-state index contributed by atoms with van der Waals surface area (Å²) in [4.78, 5) is 18.5. The van der Waals surface area contributed by atoms with Gasteiger partial charge in [0.05, 0.1) is 31.1 Å². The van der Waals surface area contributed by atoms with Crippen molar-refractivity contribution in [3.63, 3.8) is 0 Å². The van der Waals surface area contributed by atoms with E-state index in [0.717, 1.165) is 25.1 Å². The molecule has 5 nitrogen and oxygen atoms in total. The lowest BCUT2D eigenvalue weighted by atomic mass is 10.0. The van der Waals surface area contributed by atoms with Crippen LogP contribution in [0.4, 0.5) is 0 Å². The van der Waals surface area contributed by atoms with Crippen LogP contribution >= 0.6 is 0 Å². The zero-order valence-electron chi connectivity index (χ0n) is 8.53. The molecule has 0 radical (unpaired) electrons. The zero-order chi connectivity index (χ0) is 10.5. The van der Waals surface area contributed by atoms with Gasteiger partial charge in [0.25, 0.3) is 0 Å². The Balaban J connectivity index is 1.76. The highest BCUT2D eigenvalue weighted by Gasteiger charge is 2.21. The van der Waals surface area contributed by atoms with Crippen molar-refractivity contribution in [2.75, 3.05) is 13.2 Å². The van der Waals surface area contributed by atoms with Crippen LogP contribution in [0.5, 0.6) is 0 Å². The fourth-order valence-electron chi connectivity index (χ4n) is 1.66. The van der Waals surface area contributed by atoms with Crippen LogP contribution in [0.2, 0.25) is 0 Å². The summed E-state index contributed by atoms with van der Waals surface area (Å²) in [6.45, 7) is 1.84. The van der Waals surface area contributed by atoms with Crippen LogP contribution in [0.25, 0.3) is 0 Å². The number of hydrogen-bond donors (Lipinski definition) is 2. The second-order valence-corrected chi connectivity index (χ2v) is 3.71. The summed E-state index contributed by atoms with van der Waals surface area (Å²) >= 11 is 0. The van der Waals surface area contributed by atoms with Gasteiger partial charge in [-0.2, -0.15) is 0 Å². The van der Waals surface area contributed by atoms with E-state index in [1.807, 2.05) is 0 Å². The molecule has 0 aromatic carbocycles. The maximum atomic E-state index is 11.7. The minimum absolute atomic E-state index is 0.0154. The van der Waals surface area contributed by atoms with E-state index in [2.05, 4.69) is 15.3 Å². The highest BCUT2D eigenvalue weighted by molar-refractivity contribution is 5.78. The van der Waals surface area contributed by atoms with Gasteiger partial charge in [0.2, 0.25) is 5.91 Å². The molecule has 1 unspecified atom stereocenters. The third-order valence-corrected chi connectivity index (χ3v) is 2.54. The van der Waals surface area contributed by atoms with Gasteiger partial charge in [-0.15, -0.1) is 0 Å². The molecule has 0 bridgehead atoms. The van der Waals surface area contributed by atoms with E-state index in [1.54, 1.807) is 12.5 Å². The number of amides is 1. The molecule has 1 aromatic heterocycles. The largest absolute Gasteiger partial charge is 0.381 e. The molecule has 5 heteroatoms. The lowest BCUT2D eigenvalue weighted by Gasteiger charge is -2.20. The highest BCUT2D eigenvalue weighted by Crippen LogP contribution is 2.13. The monoisotopic (exact) mass is 209 g/mol. The molecule has 15 heavy (non-hydrogen) atoms. The summed E-state index contributed by atoms with van der Waals surface area (Å²) in [5, 5.41) is 2.86. The van der Waals surface area contributed by atoms with Gasteiger partial charge in [0.15, 0.2) is 0 Å². The Labute approximate surface area is 88.2 Å². The van der Waals surface area contributed by atoms with E-state index >= 15 is 0 Å². The Morgan fingerprint density at radius 1 is 1.73 bits per heavy atom. The normalized spacial score (nSPS) is 21.2. The molecule has 1 aromatic rings. The Kier molecular flexibility index (Phi) is 3.34. The minimum atomic E-state index is 0.0154. The van der Waals surface area contributed by atoms with Crippen LogP contribution in [0.1, 0.15) is 18.5 Å². The second kappa shape index (κ2) is 4.93. The van der Waals surface area contributed by atoms with Crippen molar-refractivity contribution in [3.8, 4) is 0 Å². The Morgan fingerprint density at radius 3 is 3.33 bits per heavy atom. The molecule has 1 atom stereocenters. The molecule has 0 spiro atoms. The van der Waals surface area contributed by atoms with Crippen molar-refractivity contribution >= 4 is 5.91 Å². The van der Waals surface area contributed by atoms with Crippen LogP contribution in [0.3, 0.4) is 0 Å². The standard InChI is InChI=1S/C10H15N3O2/c14-10(8-2-1-3-15-6-8)12-5-9-4-11-7-13-9/h4,7-8H,1-3,5-6H2,(H,11,13)(H,12,14). The molecule has 1 amide bonds. The molecule has 0 saturated carbocycles. The lowest BCUT2D eigenvalue weighted by Crippen LogP contribution is -2.35. The molecule has 82 valence electrons. The van der Waals surface area contributed by atoms with Gasteiger partial charge in [-0.05, 0) is 12.8 Å². The van der Waals surface area contributed by atoms with Crippen LogP contribution in [-0.2, 0) is 16.1 Å². The fourth-order valence-corrected chi connectivity index (χ4v) is 1.66. The number of ether oxygens (including phenoxy) is 1. The van der Waals surface area contributed by atoms with Crippen LogP contribution < -0.4 is 5.32 Å². The van der Waals surface area contributed by atoms with Crippen molar-refractivity contribution < 1.29 is 9.53 Å². The Morgan fingerprint density at radius 2 is 2.67 bits per heavy atom. The molecule has 1 fully saturated rings. The zero-order valence-corrected chi connectivity index (χ0v) is 8.53. The first-order valence-electron chi connectivity index (χ1n) is 5.19. The van der Waals surface area contributed by atoms with Crippen molar-refractivity contribution in [2.24, 2.45) is 5.92 Å². The molecule has 1 saturated heterocycles. The number of nitrogens with one attached hydrogen (secondary N) is 2. The minimum Gasteiger partial charge on any atom is -0.381 e. The van der Waals surface area contributed by atoms with Crippen molar-refractivity contribution in [1.82, 2.24) is 15.3 Å². The number of rotatable bonds is 3. The molecular weight excluding hydrogens is 194 g/mol. The average Bonchev–Trinajstić information content (AvgIpc) is 2.80. The first-order valence-corrected chi connectivity index (χ1v) is 5.19. The summed E-state index contributed by atoms with van der Waals surface area (Å²) in [5.41, 5.74) is 0.917. The average molecular weight is 209 g/mol. The molecule has 0 aliphatic carbocycles. The summed E-state index contributed by atoms with van der Waals surface area (Å²) in [6.07, 6.45) is 5.21. The highest BCUT2D eigenvalue weighted by atomic mass is 16.5. The van der Waals surface area contributed by atoms with E-state index in [0.29, 0.717) is 13.2 Å². The molecule has 1 aliphatic rings. The topological polar surface area (TPSA) is 67.0 Å². The van der Waals surface area contributed by atoms with E-state index < -0.39 is 0 Å². The number of aromatic amines is 1. The number of carbonyl (C=O) groups is 1. The summed E-state index contributed by atoms with van der Waals surface area (Å²) in [6, 6.07) is 0. The summed E-state index contributed by atoms with van der Waals surface area (Å²) in [5.74, 6) is 0.0889. The quantitative estimate of drug-likeness (QED) is 0.759. The maximum absolute atomic E-state index is 11.7. The Hall–Kier alpha value is -1.36. The third kappa shape index (κ3) is 2.79. The molecule has 2 N–H and O–H groups in total. The second-order valence-electron chi connectivity index (χ2n) is 3.71. The molecule has 2 heterocycles. The number of nitrogens with zero attached hydrogens (tertiary/aromatic N) is 1. The first-order chi connectivity index (χ1) is 7.36. The molecule has 1 aliphatic heterocycles. The lowest BCUT2D eigenvalue weighted by molar-refractivity contribution is -0.129. The summed E-state index contributed by atoms with van der Waals surface area (Å²) < 4.78 is 5.26. The molecule has 2 rings (SSSR count). The van der Waals surface area contributed by atoms with E-state index in [1.165, 1.54) is 0 Å². The fraction of sp³-hybridized carbons (Fsp3) is 0.600. The van der Waals surface area contributed by atoms with Crippen LogP contribution in [-0.4, -0.2) is 29.1 Å². The van der Waals surface area contributed by atoms with Crippen LogP contribution in [0, 0.1) is 5.92 Å². The van der Waals surface area contributed by atoms with Gasteiger partial charge in [-0.25, -0.2) is 4.98 Å². The summed E-state index contributed by atoms with van der Waals surface area (Å²) in [7, 11) is 0. The van der Waals surface area contributed by atoms with Gasteiger partial charge in [0, 0.05) is 12.8 Å². The Bertz CT molecular complexity index is 304. The predicted octanol–water partition coefficient (Wildman–Crippen LogP) is 0.452. The first kappa shape index (κ1) is 10.2. The van der Waals surface area contributed by atoms with Gasteiger partial charge in [-0.1, -0.05) is 0 Å². The van der Waals surface area contributed by atoms with Gasteiger partial charge in [-0.3, -0.25) is 4.79 Å². The van der Waals surface area contributed by atoms with E-state index in [-0.39, 0.29) is 11.8 Å². The van der Waals surface area contributed by atoms with E-state index in [4.69, 9.17) is 4.74 Å². The van der Waals surface area contributed by atoms with Gasteiger partial charge >= 0.3 is 0 Å². The molecular formula is C10H15N3O2. The van der Waals surface area contributed by atoms with Gasteiger partial charge < -0.3 is 15.0 Å². The van der Waals surface area contributed by atoms with Gasteiger partial charge in [0.1, 0.15) is 0 Å². The van der Waals surface area contributed by atoms with Crippen LogP contribution in [0.15, 0.2) is 12.5 Å². The van der Waals surface area contributed by atoms with Crippen molar-refractivity contribution in [2.45, 2.75) is 19.4 Å². The number of carbonyl (C=O) groups excluding carboxylic acids is 1. The number of H-pyrrole nitrogens is 1. The SMILES string of the molecule is O=C(NCc1cnc[nH]1)C1CCCOC1. The maximum Gasteiger partial charge on any atom is 0.225 e. The number of imidazole rings is 1. The number of hydrogen-bond acceptors (Lipinski definition) is 3.